The van der Waals surface area contributed by atoms with E-state index in [9.17, 15) is 4.39 Å². The first kappa shape index (κ1) is 17.1. The fourth-order valence-electron chi connectivity index (χ4n) is 2.73. The maximum absolute atomic E-state index is 13.3. The number of hydrogen-bond donors (Lipinski definition) is 0. The highest BCUT2D eigenvalue weighted by molar-refractivity contribution is 5.10. The van der Waals surface area contributed by atoms with Crippen LogP contribution in [0.2, 0.25) is 0 Å². The van der Waals surface area contributed by atoms with E-state index in [0.717, 1.165) is 18.5 Å². The molecule has 1 nitrogen and oxygen atoms in total. The molecule has 0 aliphatic carbocycles. The monoisotopic (exact) mass is 279 g/mol. The van der Waals surface area contributed by atoms with Gasteiger partial charge in [0.1, 0.15) is 0 Å². The maximum atomic E-state index is 13.3. The molecule has 0 atom stereocenters. The molecule has 0 spiro atoms. The highest BCUT2D eigenvalue weighted by Crippen LogP contribution is 2.27. The van der Waals surface area contributed by atoms with E-state index in [0.29, 0.717) is 5.92 Å². The summed E-state index contributed by atoms with van der Waals surface area (Å²) in [6.07, 6.45) is 12.5. The van der Waals surface area contributed by atoms with Crippen molar-refractivity contribution in [2.24, 2.45) is 0 Å². The third kappa shape index (κ3) is 7.02. The third-order valence-corrected chi connectivity index (χ3v) is 3.97. The van der Waals surface area contributed by atoms with Crippen molar-refractivity contribution >= 4 is 0 Å². The second-order valence-electron chi connectivity index (χ2n) is 5.78. The Kier molecular flexibility index (Phi) is 9.27. The molecule has 0 radical (unpaired) electrons. The first-order valence-electron chi connectivity index (χ1n) is 8.40. The Balaban J connectivity index is 2.49. The lowest BCUT2D eigenvalue weighted by Crippen LogP contribution is -2.03. The van der Waals surface area contributed by atoms with Crippen LogP contribution in [0.5, 0.6) is 0 Å². The minimum absolute atomic E-state index is 0.338. The van der Waals surface area contributed by atoms with E-state index >= 15 is 0 Å². The van der Waals surface area contributed by atoms with E-state index in [1.165, 1.54) is 57.4 Å². The Labute approximate surface area is 124 Å². The molecule has 1 aromatic heterocycles. The zero-order valence-corrected chi connectivity index (χ0v) is 13.2. The van der Waals surface area contributed by atoms with Gasteiger partial charge in [-0.3, -0.25) is 0 Å². The number of halogens is 1. The lowest BCUT2D eigenvalue weighted by Gasteiger charge is -2.16. The molecule has 20 heavy (non-hydrogen) atoms. The highest BCUT2D eigenvalue weighted by atomic mass is 19.1. The van der Waals surface area contributed by atoms with Gasteiger partial charge in [0, 0.05) is 11.6 Å². The maximum Gasteiger partial charge on any atom is 0.213 e. The smallest absolute Gasteiger partial charge is 0.213 e. The second kappa shape index (κ2) is 10.8. The Morgan fingerprint density at radius 2 is 1.50 bits per heavy atom. The van der Waals surface area contributed by atoms with Crippen molar-refractivity contribution in [2.75, 3.05) is 0 Å². The second-order valence-corrected chi connectivity index (χ2v) is 5.78. The summed E-state index contributed by atoms with van der Waals surface area (Å²) in [6.45, 7) is 4.46. The summed E-state index contributed by atoms with van der Waals surface area (Å²) in [5.74, 6) is 0.106. The van der Waals surface area contributed by atoms with Crippen LogP contribution in [-0.4, -0.2) is 4.98 Å². The van der Waals surface area contributed by atoms with Crippen LogP contribution in [0.3, 0.4) is 0 Å². The van der Waals surface area contributed by atoms with Gasteiger partial charge < -0.3 is 0 Å². The van der Waals surface area contributed by atoms with Gasteiger partial charge in [0.2, 0.25) is 5.95 Å². The van der Waals surface area contributed by atoms with Gasteiger partial charge in [0.05, 0.1) is 0 Å². The van der Waals surface area contributed by atoms with Crippen molar-refractivity contribution in [3.05, 3.63) is 29.8 Å². The van der Waals surface area contributed by atoms with Crippen molar-refractivity contribution in [2.45, 2.75) is 84.0 Å². The summed E-state index contributed by atoms with van der Waals surface area (Å²) < 4.78 is 13.3. The summed E-state index contributed by atoms with van der Waals surface area (Å²) in [5, 5.41) is 0. The molecular weight excluding hydrogens is 249 g/mol. The number of pyridine rings is 1. The van der Waals surface area contributed by atoms with Crippen LogP contribution >= 0.6 is 0 Å². The van der Waals surface area contributed by atoms with Gasteiger partial charge >= 0.3 is 0 Å². The largest absolute Gasteiger partial charge is 0.225 e. The summed E-state index contributed by atoms with van der Waals surface area (Å²) in [6, 6.07) is 5.23. The lowest BCUT2D eigenvalue weighted by molar-refractivity contribution is 0.478. The van der Waals surface area contributed by atoms with Gasteiger partial charge in [-0.25, -0.2) is 4.98 Å². The predicted octanol–water partition coefficient (Wildman–Crippen LogP) is 6.25. The van der Waals surface area contributed by atoms with E-state index in [2.05, 4.69) is 18.8 Å². The van der Waals surface area contributed by atoms with E-state index < -0.39 is 0 Å². The average molecular weight is 279 g/mol. The van der Waals surface area contributed by atoms with Crippen molar-refractivity contribution < 1.29 is 4.39 Å². The lowest BCUT2D eigenvalue weighted by atomic mass is 9.91. The summed E-state index contributed by atoms with van der Waals surface area (Å²) in [4.78, 5) is 4.10. The molecule has 1 aromatic rings. The van der Waals surface area contributed by atoms with E-state index in [1.54, 1.807) is 6.07 Å². The van der Waals surface area contributed by atoms with Crippen LogP contribution in [0.25, 0.3) is 0 Å². The van der Waals surface area contributed by atoms with Gasteiger partial charge in [-0.05, 0) is 25.0 Å². The van der Waals surface area contributed by atoms with Crippen molar-refractivity contribution in [3.63, 3.8) is 0 Å². The van der Waals surface area contributed by atoms with Gasteiger partial charge in [0.25, 0.3) is 0 Å². The normalized spacial score (nSPS) is 11.2. The molecule has 0 fully saturated rings. The first-order chi connectivity index (χ1) is 9.77. The third-order valence-electron chi connectivity index (χ3n) is 3.97. The Morgan fingerprint density at radius 3 is 2.00 bits per heavy atom. The molecule has 2 heteroatoms. The van der Waals surface area contributed by atoms with Gasteiger partial charge in [-0.15, -0.1) is 0 Å². The fourth-order valence-corrected chi connectivity index (χ4v) is 2.73. The molecule has 0 aromatic carbocycles. The summed E-state index contributed by atoms with van der Waals surface area (Å²) >= 11 is 0. The molecule has 0 saturated heterocycles. The molecule has 0 unspecified atom stereocenters. The minimum Gasteiger partial charge on any atom is -0.225 e. The van der Waals surface area contributed by atoms with E-state index in [1.807, 2.05) is 6.07 Å². The van der Waals surface area contributed by atoms with Crippen LogP contribution in [0.1, 0.15) is 89.7 Å². The Hall–Kier alpha value is -0.920. The number of rotatable bonds is 11. The van der Waals surface area contributed by atoms with Crippen molar-refractivity contribution in [3.8, 4) is 0 Å². The van der Waals surface area contributed by atoms with Crippen LogP contribution in [-0.2, 0) is 0 Å². The Bertz CT molecular complexity index is 339. The highest BCUT2D eigenvalue weighted by Gasteiger charge is 2.13. The molecular formula is C18H30FN. The molecule has 1 heterocycles. The predicted molar refractivity (Wildman–Crippen MR) is 84.5 cm³/mol. The van der Waals surface area contributed by atoms with Crippen LogP contribution < -0.4 is 0 Å². The molecule has 0 bridgehead atoms. The molecule has 0 aliphatic heterocycles. The number of aromatic nitrogens is 1. The molecule has 1 rings (SSSR count). The van der Waals surface area contributed by atoms with Crippen LogP contribution in [0.15, 0.2) is 18.2 Å². The van der Waals surface area contributed by atoms with Crippen LogP contribution in [0.4, 0.5) is 4.39 Å². The molecule has 0 saturated carbocycles. The zero-order chi connectivity index (χ0) is 14.6. The van der Waals surface area contributed by atoms with Gasteiger partial charge in [0.15, 0.2) is 0 Å². The van der Waals surface area contributed by atoms with E-state index in [-0.39, 0.29) is 5.95 Å². The topological polar surface area (TPSA) is 12.9 Å². The van der Waals surface area contributed by atoms with E-state index in [4.69, 9.17) is 0 Å². The first-order valence-corrected chi connectivity index (χ1v) is 8.40. The zero-order valence-electron chi connectivity index (χ0n) is 13.2. The van der Waals surface area contributed by atoms with Crippen molar-refractivity contribution in [1.82, 2.24) is 4.98 Å². The van der Waals surface area contributed by atoms with Crippen LogP contribution in [0, 0.1) is 5.95 Å². The minimum atomic E-state index is -0.338. The number of hydrogen-bond acceptors (Lipinski definition) is 1. The molecule has 0 amide bonds. The molecule has 0 aliphatic rings. The number of nitrogens with zero attached hydrogens (tertiary/aromatic N) is 1. The SMILES string of the molecule is CCCCCCC(CCCCCC)c1cccc(F)n1. The number of unbranched alkanes of at least 4 members (excludes halogenated alkanes) is 6. The summed E-state index contributed by atoms with van der Waals surface area (Å²) in [7, 11) is 0. The molecule has 114 valence electrons. The standard InChI is InChI=1S/C18H30FN/c1-3-5-7-9-12-16(13-10-8-6-4-2)17-14-11-15-18(19)20-17/h11,14-16H,3-10,12-13H2,1-2H3. The van der Waals surface area contributed by atoms with Crippen molar-refractivity contribution in [1.29, 1.82) is 0 Å². The fraction of sp³-hybridized carbons (Fsp3) is 0.722. The summed E-state index contributed by atoms with van der Waals surface area (Å²) in [5.41, 5.74) is 0.956. The Morgan fingerprint density at radius 1 is 0.900 bits per heavy atom. The quantitative estimate of drug-likeness (QED) is 0.345. The van der Waals surface area contributed by atoms with Gasteiger partial charge in [-0.2, -0.15) is 4.39 Å². The van der Waals surface area contributed by atoms with Gasteiger partial charge in [-0.1, -0.05) is 71.3 Å². The molecule has 0 N–H and O–H groups in total. The average Bonchev–Trinajstić information content (AvgIpc) is 2.45.